The number of amides is 4. The van der Waals surface area contributed by atoms with Gasteiger partial charge in [-0.25, -0.2) is 18.2 Å². The van der Waals surface area contributed by atoms with Crippen LogP contribution in [0.25, 0.3) is 22.0 Å². The summed E-state index contributed by atoms with van der Waals surface area (Å²) < 4.78 is 51.5. The van der Waals surface area contributed by atoms with Crippen molar-refractivity contribution in [2.45, 2.75) is 93.9 Å². The molecule has 1 saturated heterocycles. The van der Waals surface area contributed by atoms with E-state index in [1.165, 1.54) is 4.90 Å². The highest BCUT2D eigenvalue weighted by Crippen LogP contribution is 2.46. The van der Waals surface area contributed by atoms with Crippen molar-refractivity contribution in [2.75, 3.05) is 45.9 Å². The number of benzene rings is 2. The average Bonchev–Trinajstić information content (AvgIpc) is 4.12. The molecule has 17 heteroatoms. The van der Waals surface area contributed by atoms with Gasteiger partial charge in [-0.15, -0.1) is 0 Å². The van der Waals surface area contributed by atoms with E-state index in [0.29, 0.717) is 42.5 Å². The number of aromatic nitrogens is 1. The van der Waals surface area contributed by atoms with E-state index < -0.39 is 74.3 Å². The van der Waals surface area contributed by atoms with Crippen LogP contribution < -0.4 is 29.7 Å². The maximum Gasteiger partial charge on any atom is 0.408 e. The number of carbonyl (C=O) groups is 4. The molecule has 2 unspecified atom stereocenters. The predicted octanol–water partition coefficient (Wildman–Crippen LogP) is 4.07. The summed E-state index contributed by atoms with van der Waals surface area (Å²) in [7, 11) is 1.56. The number of allylic oxidation sites excluding steroid dienone is 1. The van der Waals surface area contributed by atoms with Crippen LogP contribution in [0, 0.1) is 5.92 Å². The first-order chi connectivity index (χ1) is 28.5. The van der Waals surface area contributed by atoms with Gasteiger partial charge in [0, 0.05) is 49.7 Å². The lowest BCUT2D eigenvalue weighted by molar-refractivity contribution is -0.142. The first kappa shape index (κ1) is 42.7. The molecular formula is C43H54N6O10S. The van der Waals surface area contributed by atoms with Crippen molar-refractivity contribution < 1.29 is 46.5 Å². The lowest BCUT2D eigenvalue weighted by Crippen LogP contribution is -2.59. The predicted molar refractivity (Wildman–Crippen MR) is 224 cm³/mol. The molecular weight excluding hydrogens is 793 g/mol. The molecule has 322 valence electrons. The van der Waals surface area contributed by atoms with E-state index in [1.807, 2.05) is 79.7 Å². The van der Waals surface area contributed by atoms with Gasteiger partial charge >= 0.3 is 6.09 Å². The second kappa shape index (κ2) is 16.9. The van der Waals surface area contributed by atoms with Crippen LogP contribution in [0.1, 0.15) is 59.3 Å². The van der Waals surface area contributed by atoms with Crippen molar-refractivity contribution in [3.63, 3.8) is 0 Å². The first-order valence-electron chi connectivity index (χ1n) is 20.3. The average molecular weight is 847 g/mol. The van der Waals surface area contributed by atoms with E-state index in [2.05, 4.69) is 15.4 Å². The molecule has 3 N–H and O–H groups in total. The second-order valence-electron chi connectivity index (χ2n) is 17.1. The number of pyridine rings is 1. The molecule has 16 nitrogen and oxygen atoms in total. The Kier molecular flexibility index (Phi) is 12.0. The SMILES string of the molecule is COc1ccc(-c2cc3cc(N(C)C)ccc3c(OC3C[C@H]4C(=O)N[C@]5(C(=O)NS(=O)(=O)C6CC6)CC5/C=C\CCCOC[C@H](NC(=O)OC(C)(C)C)C(=O)N4C3)n2)cc1. The Morgan fingerprint density at radius 1 is 1.07 bits per heavy atom. The van der Waals surface area contributed by atoms with Crippen molar-refractivity contribution in [1.29, 1.82) is 0 Å². The molecule has 60 heavy (non-hydrogen) atoms. The van der Waals surface area contributed by atoms with Gasteiger partial charge in [-0.2, -0.15) is 0 Å². The maximum atomic E-state index is 14.6. The minimum atomic E-state index is -3.93. The maximum absolute atomic E-state index is 14.6. The lowest BCUT2D eigenvalue weighted by Gasteiger charge is -2.30. The standard InChI is InChI=1S/C43H54N6O10S/c1-42(2,3)59-41(53)45-35-25-57-19-9-7-8-10-28-23-43(28,40(52)47-60(54,55)32-16-17-32)46-37(50)36-22-31(24-49(36)39(35)51)58-38-33-18-13-29(48(4)5)20-27(33)21-34(44-38)26-11-14-30(56-6)15-12-26/h8,10-15,18,20-21,28,31-32,35-36H,7,9,16-17,19,22-25H2,1-6H3,(H,45,53)(H,46,50)(H,47,52)/b10-8-/t28?,31?,35-,36-,43+/m0/s1. The third-order valence-electron chi connectivity index (χ3n) is 11.1. The molecule has 2 aliphatic carbocycles. The zero-order chi connectivity index (χ0) is 43.0. The van der Waals surface area contributed by atoms with Crippen LogP contribution in [0.2, 0.25) is 0 Å². The van der Waals surface area contributed by atoms with Crippen LogP contribution >= 0.6 is 0 Å². The summed E-state index contributed by atoms with van der Waals surface area (Å²) in [6.45, 7) is 5.07. The summed E-state index contributed by atoms with van der Waals surface area (Å²) in [4.78, 5) is 64.4. The number of carbonyl (C=O) groups excluding carboxylic acids is 4. The van der Waals surface area contributed by atoms with E-state index >= 15 is 0 Å². The molecule has 7 rings (SSSR count). The number of methoxy groups -OCH3 is 1. The summed E-state index contributed by atoms with van der Waals surface area (Å²) in [5.74, 6) is -1.63. The highest BCUT2D eigenvalue weighted by atomic mass is 32.2. The van der Waals surface area contributed by atoms with Gasteiger partial charge in [-0.3, -0.25) is 19.1 Å². The van der Waals surface area contributed by atoms with Crippen molar-refractivity contribution in [1.82, 2.24) is 25.2 Å². The van der Waals surface area contributed by atoms with Crippen LogP contribution in [-0.4, -0.2) is 118 Å². The lowest BCUT2D eigenvalue weighted by atomic mass is 10.1. The number of sulfonamides is 1. The van der Waals surface area contributed by atoms with Gasteiger partial charge in [-0.1, -0.05) is 12.2 Å². The Labute approximate surface area is 350 Å². The monoisotopic (exact) mass is 846 g/mol. The van der Waals surface area contributed by atoms with E-state index in [-0.39, 0.29) is 38.5 Å². The molecule has 0 radical (unpaired) electrons. The topological polar surface area (TPSA) is 195 Å². The summed E-state index contributed by atoms with van der Waals surface area (Å²) in [5, 5.41) is 6.42. The molecule has 2 aromatic carbocycles. The van der Waals surface area contributed by atoms with Crippen molar-refractivity contribution >= 4 is 50.3 Å². The van der Waals surface area contributed by atoms with Gasteiger partial charge in [0.05, 0.1) is 31.2 Å². The minimum absolute atomic E-state index is 0.0120. The normalized spacial score (nSPS) is 25.4. The Bertz CT molecular complexity index is 2270. The smallest absolute Gasteiger partial charge is 0.408 e. The molecule has 5 atom stereocenters. The molecule has 1 aromatic heterocycles. The van der Waals surface area contributed by atoms with Gasteiger partial charge in [0.2, 0.25) is 27.7 Å². The summed E-state index contributed by atoms with van der Waals surface area (Å²) in [5.41, 5.74) is -0.0262. The second-order valence-corrected chi connectivity index (χ2v) is 19.1. The third kappa shape index (κ3) is 9.62. The Balaban J connectivity index is 1.24. The highest BCUT2D eigenvalue weighted by molar-refractivity contribution is 7.91. The fourth-order valence-corrected chi connectivity index (χ4v) is 8.94. The van der Waals surface area contributed by atoms with Gasteiger partial charge in [0.25, 0.3) is 5.91 Å². The van der Waals surface area contributed by atoms with Crippen molar-refractivity contribution in [2.24, 2.45) is 5.92 Å². The van der Waals surface area contributed by atoms with E-state index in [0.717, 1.165) is 16.6 Å². The fourth-order valence-electron chi connectivity index (χ4n) is 7.58. The molecule has 3 aromatic rings. The van der Waals surface area contributed by atoms with Gasteiger partial charge in [-0.05, 0) is 107 Å². The molecule has 0 bridgehead atoms. The number of nitrogens with one attached hydrogen (secondary N) is 3. The zero-order valence-electron chi connectivity index (χ0n) is 34.9. The molecule has 3 fully saturated rings. The first-order valence-corrected chi connectivity index (χ1v) is 21.9. The Hall–Kier alpha value is -5.42. The molecule has 3 heterocycles. The fraction of sp³-hybridized carbons (Fsp3) is 0.512. The number of anilines is 1. The number of nitrogens with zero attached hydrogens (tertiary/aromatic N) is 3. The third-order valence-corrected chi connectivity index (χ3v) is 12.9. The van der Waals surface area contributed by atoms with Crippen LogP contribution in [0.4, 0.5) is 10.5 Å². The summed E-state index contributed by atoms with van der Waals surface area (Å²) >= 11 is 0. The molecule has 4 aliphatic rings. The number of hydrogen-bond acceptors (Lipinski definition) is 12. The summed E-state index contributed by atoms with van der Waals surface area (Å²) in [6.07, 6.45) is 4.26. The summed E-state index contributed by atoms with van der Waals surface area (Å²) in [6, 6.07) is 12.9. The number of rotatable bonds is 9. The van der Waals surface area contributed by atoms with Crippen LogP contribution in [0.5, 0.6) is 11.6 Å². The number of ether oxygens (including phenoxy) is 4. The van der Waals surface area contributed by atoms with Gasteiger partial charge in [0.15, 0.2) is 0 Å². The largest absolute Gasteiger partial charge is 0.497 e. The molecule has 2 saturated carbocycles. The quantitative estimate of drug-likeness (QED) is 0.262. The Morgan fingerprint density at radius 2 is 1.82 bits per heavy atom. The van der Waals surface area contributed by atoms with Gasteiger partial charge < -0.3 is 39.4 Å². The highest BCUT2D eigenvalue weighted by Gasteiger charge is 2.62. The van der Waals surface area contributed by atoms with Crippen LogP contribution in [-0.2, 0) is 33.9 Å². The van der Waals surface area contributed by atoms with Crippen LogP contribution in [0.15, 0.2) is 60.7 Å². The Morgan fingerprint density at radius 3 is 2.50 bits per heavy atom. The van der Waals surface area contributed by atoms with E-state index in [4.69, 9.17) is 23.9 Å². The molecule has 0 spiro atoms. The van der Waals surface area contributed by atoms with E-state index in [1.54, 1.807) is 27.9 Å². The van der Waals surface area contributed by atoms with Crippen molar-refractivity contribution in [3.05, 3.63) is 60.7 Å². The van der Waals surface area contributed by atoms with Crippen LogP contribution in [0.3, 0.4) is 0 Å². The zero-order valence-corrected chi connectivity index (χ0v) is 35.7. The van der Waals surface area contributed by atoms with Crippen molar-refractivity contribution in [3.8, 4) is 22.9 Å². The van der Waals surface area contributed by atoms with Gasteiger partial charge in [0.1, 0.15) is 35.1 Å². The number of fused-ring (bicyclic) bond motifs is 3. The number of hydrogen-bond donors (Lipinski definition) is 3. The van der Waals surface area contributed by atoms with E-state index in [9.17, 15) is 27.6 Å². The number of alkyl carbamates (subject to hydrolysis) is 1. The molecule has 2 aliphatic heterocycles. The minimum Gasteiger partial charge on any atom is -0.497 e. The molecule has 4 amide bonds.